The van der Waals surface area contributed by atoms with E-state index >= 15 is 0 Å². The molecule has 0 spiro atoms. The van der Waals surface area contributed by atoms with Gasteiger partial charge in [-0.25, -0.2) is 0 Å². The maximum atomic E-state index is 11.1. The van der Waals surface area contributed by atoms with E-state index < -0.39 is 4.92 Å². The summed E-state index contributed by atoms with van der Waals surface area (Å²) in [5, 5.41) is 14.4. The molecule has 1 N–H and O–H groups in total. The molecular weight excluding hydrogens is 256 g/mol. The third kappa shape index (κ3) is 2.98. The lowest BCUT2D eigenvalue weighted by Gasteiger charge is -2.35. The van der Waals surface area contributed by atoms with Crippen molar-refractivity contribution >= 4 is 17.7 Å². The minimum Gasteiger partial charge on any atom is -0.376 e. The molecule has 5 heteroatoms. The van der Waals surface area contributed by atoms with Gasteiger partial charge in [-0.2, -0.15) is 0 Å². The number of nitrogens with zero attached hydrogens (tertiary/aromatic N) is 1. The first-order chi connectivity index (χ1) is 9.52. The van der Waals surface area contributed by atoms with Crippen molar-refractivity contribution in [1.29, 1.82) is 0 Å². The van der Waals surface area contributed by atoms with Gasteiger partial charge in [0.05, 0.1) is 4.92 Å². The van der Waals surface area contributed by atoms with Gasteiger partial charge in [-0.15, -0.1) is 0 Å². The zero-order valence-corrected chi connectivity index (χ0v) is 11.8. The van der Waals surface area contributed by atoms with Crippen molar-refractivity contribution < 1.29 is 9.72 Å². The van der Waals surface area contributed by atoms with Crippen LogP contribution in [0, 0.1) is 22.0 Å². The Hall–Kier alpha value is -1.91. The maximum Gasteiger partial charge on any atom is 0.293 e. The number of aldehydes is 1. The lowest BCUT2D eigenvalue weighted by molar-refractivity contribution is -0.384. The van der Waals surface area contributed by atoms with Crippen LogP contribution in [0.25, 0.3) is 0 Å². The predicted octanol–water partition coefficient (Wildman–Crippen LogP) is 3.64. The fourth-order valence-electron chi connectivity index (χ4n) is 2.88. The van der Waals surface area contributed by atoms with E-state index in [-0.39, 0.29) is 11.7 Å². The Bertz CT molecular complexity index is 516. The number of anilines is 1. The summed E-state index contributed by atoms with van der Waals surface area (Å²) >= 11 is 0. The van der Waals surface area contributed by atoms with Crippen LogP contribution in [0.15, 0.2) is 18.2 Å². The van der Waals surface area contributed by atoms with Crippen molar-refractivity contribution in [3.05, 3.63) is 33.9 Å². The van der Waals surface area contributed by atoms with E-state index in [2.05, 4.69) is 19.2 Å². The largest absolute Gasteiger partial charge is 0.376 e. The first kappa shape index (κ1) is 14.5. The average Bonchev–Trinajstić information content (AvgIpc) is 2.44. The molecule has 1 aromatic carbocycles. The average molecular weight is 276 g/mol. The lowest BCUT2D eigenvalue weighted by atomic mass is 9.78. The summed E-state index contributed by atoms with van der Waals surface area (Å²) in [5.74, 6) is 1.10. The second kappa shape index (κ2) is 6.03. The van der Waals surface area contributed by atoms with Crippen LogP contribution in [0.3, 0.4) is 0 Å². The van der Waals surface area contributed by atoms with Crippen molar-refractivity contribution in [3.63, 3.8) is 0 Å². The first-order valence-electron chi connectivity index (χ1n) is 7.03. The molecule has 1 aromatic rings. The van der Waals surface area contributed by atoms with Gasteiger partial charge in [-0.3, -0.25) is 14.9 Å². The monoisotopic (exact) mass is 276 g/mol. The number of carbonyl (C=O) groups excluding carboxylic acids is 1. The minimum absolute atomic E-state index is 0.0278. The molecule has 0 radical (unpaired) electrons. The van der Waals surface area contributed by atoms with Crippen molar-refractivity contribution in [3.8, 4) is 0 Å². The van der Waals surface area contributed by atoms with Gasteiger partial charge in [-0.05, 0) is 30.4 Å². The normalized spacial score (nSPS) is 26.0. The molecule has 0 bridgehead atoms. The number of rotatable bonds is 4. The Kier molecular flexibility index (Phi) is 4.37. The Labute approximate surface area is 118 Å². The molecule has 5 nitrogen and oxygen atoms in total. The number of benzene rings is 1. The fraction of sp³-hybridized carbons (Fsp3) is 0.533. The molecule has 3 unspecified atom stereocenters. The summed E-state index contributed by atoms with van der Waals surface area (Å²) in [6, 6.07) is 4.82. The molecule has 0 saturated heterocycles. The SMILES string of the molecule is CC1CCCC(Nc2ccc(C=O)cc2[N+](=O)[O-])C1C. The Morgan fingerprint density at radius 2 is 2.10 bits per heavy atom. The van der Waals surface area contributed by atoms with Gasteiger partial charge in [0.2, 0.25) is 0 Å². The number of hydrogen-bond donors (Lipinski definition) is 1. The second-order valence-corrected chi connectivity index (χ2v) is 5.67. The molecule has 1 aliphatic carbocycles. The van der Waals surface area contributed by atoms with E-state index in [0.717, 1.165) is 12.8 Å². The molecule has 0 aromatic heterocycles. The van der Waals surface area contributed by atoms with Crippen LogP contribution in [0.5, 0.6) is 0 Å². The molecule has 20 heavy (non-hydrogen) atoms. The standard InChI is InChI=1S/C15H20N2O3/c1-10-4-3-5-13(11(10)2)16-14-7-6-12(9-18)8-15(14)17(19)20/h6-11,13,16H,3-5H2,1-2H3. The van der Waals surface area contributed by atoms with Crippen LogP contribution in [0.1, 0.15) is 43.5 Å². The van der Waals surface area contributed by atoms with Crippen molar-refractivity contribution in [2.45, 2.75) is 39.2 Å². The highest BCUT2D eigenvalue weighted by atomic mass is 16.6. The van der Waals surface area contributed by atoms with E-state index in [1.807, 2.05) is 0 Å². The van der Waals surface area contributed by atoms with Gasteiger partial charge in [0.1, 0.15) is 12.0 Å². The summed E-state index contributed by atoms with van der Waals surface area (Å²) in [5.41, 5.74) is 0.805. The van der Waals surface area contributed by atoms with E-state index in [1.54, 1.807) is 12.1 Å². The number of nitro benzene ring substituents is 1. The Morgan fingerprint density at radius 1 is 1.35 bits per heavy atom. The quantitative estimate of drug-likeness (QED) is 0.517. The molecule has 2 rings (SSSR count). The van der Waals surface area contributed by atoms with Gasteiger partial charge in [0.25, 0.3) is 5.69 Å². The fourth-order valence-corrected chi connectivity index (χ4v) is 2.88. The molecule has 108 valence electrons. The summed E-state index contributed by atoms with van der Waals surface area (Å²) in [6.45, 7) is 4.41. The molecule has 1 fully saturated rings. The summed E-state index contributed by atoms with van der Waals surface area (Å²) in [4.78, 5) is 21.4. The van der Waals surface area contributed by atoms with Gasteiger partial charge >= 0.3 is 0 Å². The molecule has 0 aliphatic heterocycles. The highest BCUT2D eigenvalue weighted by molar-refractivity contribution is 5.79. The van der Waals surface area contributed by atoms with Gasteiger partial charge in [0.15, 0.2) is 0 Å². The molecule has 1 saturated carbocycles. The number of nitro groups is 1. The Morgan fingerprint density at radius 3 is 2.75 bits per heavy atom. The van der Waals surface area contributed by atoms with Crippen molar-refractivity contribution in [2.75, 3.05) is 5.32 Å². The zero-order chi connectivity index (χ0) is 14.7. The van der Waals surface area contributed by atoms with Gasteiger partial charge in [-0.1, -0.05) is 26.7 Å². The number of hydrogen-bond acceptors (Lipinski definition) is 4. The van der Waals surface area contributed by atoms with Crippen LogP contribution in [0.4, 0.5) is 11.4 Å². The third-order valence-corrected chi connectivity index (χ3v) is 4.40. The van der Waals surface area contributed by atoms with Crippen molar-refractivity contribution in [2.24, 2.45) is 11.8 Å². The lowest BCUT2D eigenvalue weighted by Crippen LogP contribution is -2.35. The minimum atomic E-state index is -0.438. The molecular formula is C15H20N2O3. The predicted molar refractivity (Wildman–Crippen MR) is 78.1 cm³/mol. The Balaban J connectivity index is 2.24. The van der Waals surface area contributed by atoms with E-state index in [4.69, 9.17) is 0 Å². The van der Waals surface area contributed by atoms with Crippen LogP contribution < -0.4 is 5.32 Å². The highest BCUT2D eigenvalue weighted by Gasteiger charge is 2.28. The third-order valence-electron chi connectivity index (χ3n) is 4.40. The van der Waals surface area contributed by atoms with E-state index in [1.165, 1.54) is 12.5 Å². The molecule has 1 aliphatic rings. The topological polar surface area (TPSA) is 72.2 Å². The molecule has 3 atom stereocenters. The zero-order valence-electron chi connectivity index (χ0n) is 11.8. The number of carbonyl (C=O) groups is 1. The van der Waals surface area contributed by atoms with Crippen LogP contribution in [-0.2, 0) is 0 Å². The van der Waals surface area contributed by atoms with Gasteiger partial charge in [0, 0.05) is 17.7 Å². The summed E-state index contributed by atoms with van der Waals surface area (Å²) in [7, 11) is 0. The molecule has 0 amide bonds. The van der Waals surface area contributed by atoms with Crippen LogP contribution in [0.2, 0.25) is 0 Å². The second-order valence-electron chi connectivity index (χ2n) is 5.67. The van der Waals surface area contributed by atoms with Crippen LogP contribution in [-0.4, -0.2) is 17.3 Å². The number of nitrogens with one attached hydrogen (secondary N) is 1. The van der Waals surface area contributed by atoms with E-state index in [9.17, 15) is 14.9 Å². The van der Waals surface area contributed by atoms with Gasteiger partial charge < -0.3 is 5.32 Å². The summed E-state index contributed by atoms with van der Waals surface area (Å²) < 4.78 is 0. The first-order valence-corrected chi connectivity index (χ1v) is 7.03. The maximum absolute atomic E-state index is 11.1. The smallest absolute Gasteiger partial charge is 0.293 e. The highest BCUT2D eigenvalue weighted by Crippen LogP contribution is 2.34. The van der Waals surface area contributed by atoms with Crippen LogP contribution >= 0.6 is 0 Å². The van der Waals surface area contributed by atoms with E-state index in [0.29, 0.717) is 29.4 Å². The summed E-state index contributed by atoms with van der Waals surface area (Å²) in [6.07, 6.45) is 4.01. The van der Waals surface area contributed by atoms with Crippen molar-refractivity contribution in [1.82, 2.24) is 0 Å². The molecule has 0 heterocycles.